The molecular formula is C16H12BrN3O3. The molecular weight excluding hydrogens is 362 g/mol. The molecule has 116 valence electrons. The summed E-state index contributed by atoms with van der Waals surface area (Å²) >= 11 is 3.45. The molecule has 6 nitrogen and oxygen atoms in total. The fraction of sp³-hybridized carbons (Fsp3) is 0.125. The van der Waals surface area contributed by atoms with E-state index >= 15 is 0 Å². The summed E-state index contributed by atoms with van der Waals surface area (Å²) in [6, 6.07) is 9.02. The summed E-state index contributed by atoms with van der Waals surface area (Å²) in [6.45, 7) is 1.02. The second-order valence-corrected chi connectivity index (χ2v) is 5.92. The number of carbonyl (C=O) groups excluding carboxylic acids is 1. The van der Waals surface area contributed by atoms with Crippen LogP contribution in [0, 0.1) is 0 Å². The molecule has 0 bridgehead atoms. The smallest absolute Gasteiger partial charge is 0.257 e. The van der Waals surface area contributed by atoms with Crippen LogP contribution in [0.25, 0.3) is 10.9 Å². The number of anilines is 1. The normalized spacial score (nSPS) is 13.1. The number of aromatic nitrogens is 2. The summed E-state index contributed by atoms with van der Waals surface area (Å²) in [4.78, 5) is 12.6. The van der Waals surface area contributed by atoms with Gasteiger partial charge in [-0.3, -0.25) is 9.89 Å². The molecule has 1 aliphatic heterocycles. The van der Waals surface area contributed by atoms with Gasteiger partial charge in [-0.2, -0.15) is 5.10 Å². The number of hydrogen-bond donors (Lipinski definition) is 2. The highest BCUT2D eigenvalue weighted by Crippen LogP contribution is 2.38. The number of fused-ring (bicyclic) bond motifs is 2. The average Bonchev–Trinajstić information content (AvgIpc) is 3.04. The molecule has 2 aromatic carbocycles. The van der Waals surface area contributed by atoms with Gasteiger partial charge < -0.3 is 14.8 Å². The Hall–Kier alpha value is -2.54. The van der Waals surface area contributed by atoms with Crippen molar-refractivity contribution in [3.05, 3.63) is 46.6 Å². The lowest BCUT2D eigenvalue weighted by molar-refractivity contribution is 0.102. The van der Waals surface area contributed by atoms with Crippen LogP contribution < -0.4 is 14.8 Å². The molecule has 7 heteroatoms. The Labute approximate surface area is 139 Å². The van der Waals surface area contributed by atoms with Gasteiger partial charge in [0, 0.05) is 22.0 Å². The topological polar surface area (TPSA) is 76.2 Å². The quantitative estimate of drug-likeness (QED) is 0.722. The minimum atomic E-state index is -0.225. The van der Waals surface area contributed by atoms with Crippen molar-refractivity contribution in [1.29, 1.82) is 0 Å². The Bertz CT molecular complexity index is 907. The zero-order valence-electron chi connectivity index (χ0n) is 11.9. The minimum Gasteiger partial charge on any atom is -0.486 e. The van der Waals surface area contributed by atoms with Gasteiger partial charge in [-0.15, -0.1) is 0 Å². The van der Waals surface area contributed by atoms with Crippen LogP contribution in [0.2, 0.25) is 0 Å². The van der Waals surface area contributed by atoms with Crippen LogP contribution in [0.5, 0.6) is 11.5 Å². The number of hydrogen-bond acceptors (Lipinski definition) is 4. The predicted octanol–water partition coefficient (Wildman–Crippen LogP) is 3.35. The van der Waals surface area contributed by atoms with E-state index in [9.17, 15) is 4.79 Å². The molecule has 0 saturated heterocycles. The maximum Gasteiger partial charge on any atom is 0.257 e. The third kappa shape index (κ3) is 2.53. The molecule has 0 spiro atoms. The van der Waals surface area contributed by atoms with Crippen LogP contribution in [0.3, 0.4) is 0 Å². The molecule has 0 fully saturated rings. The Balaban J connectivity index is 1.68. The van der Waals surface area contributed by atoms with Gasteiger partial charge in [0.05, 0.1) is 23.0 Å². The van der Waals surface area contributed by atoms with Gasteiger partial charge in [-0.05, 0) is 22.0 Å². The van der Waals surface area contributed by atoms with Gasteiger partial charge >= 0.3 is 0 Å². The number of carbonyl (C=O) groups is 1. The molecule has 2 heterocycles. The lowest BCUT2D eigenvalue weighted by Crippen LogP contribution is -2.17. The summed E-state index contributed by atoms with van der Waals surface area (Å²) in [5.74, 6) is 1.06. The molecule has 3 aromatic rings. The second kappa shape index (κ2) is 5.58. The maximum atomic E-state index is 12.6. The predicted molar refractivity (Wildman–Crippen MR) is 89.2 cm³/mol. The largest absolute Gasteiger partial charge is 0.486 e. The van der Waals surface area contributed by atoms with E-state index in [4.69, 9.17) is 9.47 Å². The van der Waals surface area contributed by atoms with Crippen molar-refractivity contribution < 1.29 is 14.3 Å². The van der Waals surface area contributed by atoms with Gasteiger partial charge in [0.2, 0.25) is 0 Å². The second-order valence-electron chi connectivity index (χ2n) is 5.07. The summed E-state index contributed by atoms with van der Waals surface area (Å²) in [5, 5.41) is 10.6. The Morgan fingerprint density at radius 2 is 2.00 bits per heavy atom. The fourth-order valence-corrected chi connectivity index (χ4v) is 2.93. The highest BCUT2D eigenvalue weighted by Gasteiger charge is 2.18. The molecule has 0 atom stereocenters. The van der Waals surface area contributed by atoms with Gasteiger partial charge in [-0.25, -0.2) is 0 Å². The third-order valence-electron chi connectivity index (χ3n) is 3.60. The maximum absolute atomic E-state index is 12.6. The summed E-state index contributed by atoms with van der Waals surface area (Å²) in [7, 11) is 0. The molecule has 0 saturated carbocycles. The lowest BCUT2D eigenvalue weighted by atomic mass is 10.1. The van der Waals surface area contributed by atoms with Crippen molar-refractivity contribution in [3.63, 3.8) is 0 Å². The first-order valence-corrected chi connectivity index (χ1v) is 7.84. The highest BCUT2D eigenvalue weighted by atomic mass is 79.9. The number of aromatic amines is 1. The average molecular weight is 374 g/mol. The molecule has 1 aliphatic rings. The van der Waals surface area contributed by atoms with Gasteiger partial charge in [0.15, 0.2) is 11.5 Å². The Kier molecular flexibility index (Phi) is 3.42. The Morgan fingerprint density at radius 1 is 1.22 bits per heavy atom. The van der Waals surface area contributed by atoms with E-state index in [1.807, 2.05) is 12.1 Å². The standard InChI is InChI=1S/C16H12BrN3O3/c17-11-6-13-14(23-5-4-22-13)7-12(11)19-16(21)10-3-1-2-9-8-18-20-15(9)10/h1-3,6-8H,4-5H2,(H,18,20)(H,19,21). The zero-order valence-corrected chi connectivity index (χ0v) is 13.5. The van der Waals surface area contributed by atoms with Crippen LogP contribution in [-0.2, 0) is 0 Å². The van der Waals surface area contributed by atoms with Gasteiger partial charge in [0.25, 0.3) is 5.91 Å². The summed E-state index contributed by atoms with van der Waals surface area (Å²) in [5.41, 5.74) is 1.86. The zero-order chi connectivity index (χ0) is 15.8. The van der Waals surface area contributed by atoms with Crippen LogP contribution in [0.15, 0.2) is 41.0 Å². The Morgan fingerprint density at radius 3 is 2.83 bits per heavy atom. The van der Waals surface area contributed by atoms with Gasteiger partial charge in [-0.1, -0.05) is 12.1 Å². The molecule has 0 aliphatic carbocycles. The van der Waals surface area contributed by atoms with E-state index in [0.29, 0.717) is 41.5 Å². The van der Waals surface area contributed by atoms with E-state index in [1.165, 1.54) is 0 Å². The number of H-pyrrole nitrogens is 1. The number of halogens is 1. The number of ether oxygens (including phenoxy) is 2. The number of para-hydroxylation sites is 1. The van der Waals surface area contributed by atoms with E-state index in [2.05, 4.69) is 31.4 Å². The van der Waals surface area contributed by atoms with Crippen molar-refractivity contribution in [1.82, 2.24) is 10.2 Å². The van der Waals surface area contributed by atoms with Crippen molar-refractivity contribution in [2.75, 3.05) is 18.5 Å². The van der Waals surface area contributed by atoms with Crippen molar-refractivity contribution >= 4 is 38.4 Å². The van der Waals surface area contributed by atoms with Crippen molar-refractivity contribution in [2.45, 2.75) is 0 Å². The van der Waals surface area contributed by atoms with Crippen LogP contribution in [-0.4, -0.2) is 29.3 Å². The monoisotopic (exact) mass is 373 g/mol. The molecule has 0 unspecified atom stereocenters. The first kappa shape index (κ1) is 14.1. The van der Waals surface area contributed by atoms with Crippen LogP contribution >= 0.6 is 15.9 Å². The number of benzene rings is 2. The SMILES string of the molecule is O=C(Nc1cc2c(cc1Br)OCCO2)c1cccc2cn[nH]c12. The van der Waals surface area contributed by atoms with Crippen LogP contribution in [0.4, 0.5) is 5.69 Å². The molecule has 1 amide bonds. The van der Waals surface area contributed by atoms with E-state index in [1.54, 1.807) is 24.4 Å². The molecule has 23 heavy (non-hydrogen) atoms. The molecule has 4 rings (SSSR count). The molecule has 1 aromatic heterocycles. The number of rotatable bonds is 2. The fourth-order valence-electron chi connectivity index (χ4n) is 2.51. The molecule has 0 radical (unpaired) electrons. The van der Waals surface area contributed by atoms with E-state index in [-0.39, 0.29) is 5.91 Å². The van der Waals surface area contributed by atoms with E-state index < -0.39 is 0 Å². The first-order valence-electron chi connectivity index (χ1n) is 7.05. The summed E-state index contributed by atoms with van der Waals surface area (Å²) in [6.07, 6.45) is 1.69. The lowest BCUT2D eigenvalue weighted by Gasteiger charge is -2.20. The van der Waals surface area contributed by atoms with E-state index in [0.717, 1.165) is 9.86 Å². The number of amides is 1. The van der Waals surface area contributed by atoms with Crippen molar-refractivity contribution in [2.24, 2.45) is 0 Å². The number of nitrogens with zero attached hydrogens (tertiary/aromatic N) is 1. The number of nitrogens with one attached hydrogen (secondary N) is 2. The van der Waals surface area contributed by atoms with Crippen LogP contribution in [0.1, 0.15) is 10.4 Å². The minimum absolute atomic E-state index is 0.225. The first-order chi connectivity index (χ1) is 11.2. The van der Waals surface area contributed by atoms with Crippen molar-refractivity contribution in [3.8, 4) is 11.5 Å². The van der Waals surface area contributed by atoms with Gasteiger partial charge in [0.1, 0.15) is 13.2 Å². The third-order valence-corrected chi connectivity index (χ3v) is 4.26. The summed E-state index contributed by atoms with van der Waals surface area (Å²) < 4.78 is 11.8. The molecule has 2 N–H and O–H groups in total. The highest BCUT2D eigenvalue weighted by molar-refractivity contribution is 9.10.